The third-order valence-electron chi connectivity index (χ3n) is 5.27. The first-order valence-electron chi connectivity index (χ1n) is 10.8. The molecule has 0 radical (unpaired) electrons. The number of nitrogens with zero attached hydrogens (tertiary/aromatic N) is 2. The Bertz CT molecular complexity index is 1160. The number of rotatable bonds is 5. The van der Waals surface area contributed by atoms with Crippen molar-refractivity contribution in [1.29, 1.82) is 0 Å². The average Bonchev–Trinajstić information content (AvgIpc) is 3.39. The number of aromatic nitrogens is 2. The Kier molecular flexibility index (Phi) is 5.95. The lowest BCUT2D eigenvalue weighted by Gasteiger charge is -2.11. The molecule has 1 atom stereocenters. The van der Waals surface area contributed by atoms with Crippen LogP contribution in [0.1, 0.15) is 32.8 Å². The second-order valence-corrected chi connectivity index (χ2v) is 9.18. The fourth-order valence-electron chi connectivity index (χ4n) is 3.58. The van der Waals surface area contributed by atoms with Gasteiger partial charge in [0.05, 0.1) is 17.3 Å². The van der Waals surface area contributed by atoms with Gasteiger partial charge in [-0.05, 0) is 29.2 Å². The number of anilines is 1. The molecule has 2 amide bonds. The molecule has 0 unspecified atom stereocenters. The number of carbonyl (C=O) groups is 2. The lowest BCUT2D eigenvalue weighted by atomic mass is 9.95. The van der Waals surface area contributed by atoms with Gasteiger partial charge in [0, 0.05) is 24.6 Å². The summed E-state index contributed by atoms with van der Waals surface area (Å²) in [6.07, 6.45) is 4.52. The van der Waals surface area contributed by atoms with Crippen LogP contribution in [0.3, 0.4) is 0 Å². The lowest BCUT2D eigenvalue weighted by Crippen LogP contribution is -2.24. The maximum Gasteiger partial charge on any atom is 0.230 e. The topological polar surface area (TPSA) is 76.0 Å². The van der Waals surface area contributed by atoms with Crippen LogP contribution in [0.2, 0.25) is 0 Å². The van der Waals surface area contributed by atoms with E-state index in [-0.39, 0.29) is 29.6 Å². The van der Waals surface area contributed by atoms with E-state index in [1.165, 1.54) is 0 Å². The Hall–Kier alpha value is -3.67. The molecule has 1 aliphatic rings. The first-order valence-corrected chi connectivity index (χ1v) is 10.8. The first kappa shape index (κ1) is 21.6. The number of allylic oxidation sites excluding steroid dienone is 1. The number of hydrogen-bond donors (Lipinski definition) is 2. The highest BCUT2D eigenvalue weighted by molar-refractivity contribution is 5.97. The van der Waals surface area contributed by atoms with Crippen molar-refractivity contribution < 1.29 is 9.59 Å². The van der Waals surface area contributed by atoms with Crippen molar-refractivity contribution in [3.63, 3.8) is 0 Å². The molecule has 3 aromatic rings. The van der Waals surface area contributed by atoms with E-state index in [1.807, 2.05) is 53.2 Å². The number of hydrogen-bond acceptors (Lipinski definition) is 3. The number of carbonyl (C=O) groups excluding carboxylic acids is 2. The van der Waals surface area contributed by atoms with E-state index in [9.17, 15) is 9.59 Å². The summed E-state index contributed by atoms with van der Waals surface area (Å²) in [4.78, 5) is 24.1. The molecule has 6 heteroatoms. The van der Waals surface area contributed by atoms with Crippen molar-refractivity contribution in [2.24, 2.45) is 11.3 Å². The molecule has 164 valence electrons. The van der Waals surface area contributed by atoms with Crippen LogP contribution in [0.4, 0.5) is 5.82 Å². The molecule has 2 N–H and O–H groups in total. The molecule has 0 spiro atoms. The molecule has 0 bridgehead atoms. The summed E-state index contributed by atoms with van der Waals surface area (Å²) < 4.78 is 1.83. The van der Waals surface area contributed by atoms with Gasteiger partial charge in [0.15, 0.2) is 5.82 Å². The minimum absolute atomic E-state index is 0.0930. The SMILES string of the molecule is CC(C)(C)/C=C/c1cccc(-c2cc(NC(=O)[C@@H]3CNC(=O)C3)nn2-c2ccccc2)c1. The second-order valence-electron chi connectivity index (χ2n) is 9.18. The summed E-state index contributed by atoms with van der Waals surface area (Å²) in [5.41, 5.74) is 3.96. The van der Waals surface area contributed by atoms with Crippen LogP contribution in [0.5, 0.6) is 0 Å². The van der Waals surface area contributed by atoms with Gasteiger partial charge in [-0.3, -0.25) is 9.59 Å². The summed E-state index contributed by atoms with van der Waals surface area (Å²) in [6.45, 7) is 6.86. The summed E-state index contributed by atoms with van der Waals surface area (Å²) in [7, 11) is 0. The van der Waals surface area contributed by atoms with Crippen molar-refractivity contribution in [2.75, 3.05) is 11.9 Å². The van der Waals surface area contributed by atoms with Gasteiger partial charge in [-0.2, -0.15) is 0 Å². The van der Waals surface area contributed by atoms with E-state index in [0.717, 1.165) is 22.5 Å². The number of para-hydroxylation sites is 1. The van der Waals surface area contributed by atoms with E-state index < -0.39 is 0 Å². The van der Waals surface area contributed by atoms with E-state index in [2.05, 4.69) is 60.8 Å². The predicted octanol–water partition coefficient (Wildman–Crippen LogP) is 4.67. The van der Waals surface area contributed by atoms with Gasteiger partial charge in [-0.25, -0.2) is 4.68 Å². The van der Waals surface area contributed by atoms with Gasteiger partial charge >= 0.3 is 0 Å². The Morgan fingerprint density at radius 3 is 2.59 bits per heavy atom. The zero-order valence-corrected chi connectivity index (χ0v) is 18.6. The summed E-state index contributed by atoms with van der Waals surface area (Å²) in [6, 6.07) is 19.9. The largest absolute Gasteiger partial charge is 0.355 e. The van der Waals surface area contributed by atoms with Crippen molar-refractivity contribution in [2.45, 2.75) is 27.2 Å². The molecule has 2 heterocycles. The predicted molar refractivity (Wildman–Crippen MR) is 127 cm³/mol. The Morgan fingerprint density at radius 2 is 1.91 bits per heavy atom. The van der Waals surface area contributed by atoms with Crippen molar-refractivity contribution in [1.82, 2.24) is 15.1 Å². The van der Waals surface area contributed by atoms with E-state index in [4.69, 9.17) is 0 Å². The smallest absolute Gasteiger partial charge is 0.230 e. The van der Waals surface area contributed by atoms with Crippen LogP contribution in [-0.4, -0.2) is 28.1 Å². The first-order chi connectivity index (χ1) is 15.3. The third kappa shape index (κ3) is 5.14. The van der Waals surface area contributed by atoms with Crippen LogP contribution >= 0.6 is 0 Å². The van der Waals surface area contributed by atoms with Crippen LogP contribution in [-0.2, 0) is 9.59 Å². The zero-order valence-electron chi connectivity index (χ0n) is 18.6. The maximum atomic E-state index is 12.6. The summed E-state index contributed by atoms with van der Waals surface area (Å²) >= 11 is 0. The van der Waals surface area contributed by atoms with Gasteiger partial charge in [0.25, 0.3) is 0 Å². The summed E-state index contributed by atoms with van der Waals surface area (Å²) in [5, 5.41) is 10.3. The monoisotopic (exact) mass is 428 g/mol. The molecule has 1 fully saturated rings. The molecule has 0 aliphatic carbocycles. The van der Waals surface area contributed by atoms with Crippen molar-refractivity contribution in [3.05, 3.63) is 72.3 Å². The average molecular weight is 429 g/mol. The summed E-state index contributed by atoms with van der Waals surface area (Å²) in [5.74, 6) is -0.210. The molecule has 2 aromatic carbocycles. The number of amides is 2. The highest BCUT2D eigenvalue weighted by Gasteiger charge is 2.28. The fraction of sp³-hybridized carbons (Fsp3) is 0.269. The Balaban J connectivity index is 1.69. The highest BCUT2D eigenvalue weighted by Crippen LogP contribution is 2.28. The number of nitrogens with one attached hydrogen (secondary N) is 2. The van der Waals surface area contributed by atoms with Gasteiger partial charge in [0.2, 0.25) is 11.8 Å². The zero-order chi connectivity index (χ0) is 22.7. The third-order valence-corrected chi connectivity index (χ3v) is 5.27. The molecule has 4 rings (SSSR count). The lowest BCUT2D eigenvalue weighted by molar-refractivity contribution is -0.123. The fourth-order valence-corrected chi connectivity index (χ4v) is 3.58. The number of benzene rings is 2. The van der Waals surface area contributed by atoms with Crippen molar-refractivity contribution >= 4 is 23.7 Å². The standard InChI is InChI=1S/C26H28N4O2/c1-26(2,3)13-12-18-8-7-9-19(14-18)22-16-23(28-25(32)20-15-24(31)27-17-20)29-30(22)21-10-5-4-6-11-21/h4-14,16,20H,15,17H2,1-3H3,(H,27,31)(H,28,29,32)/b13-12+/t20-/m0/s1. The second kappa shape index (κ2) is 8.83. The van der Waals surface area contributed by atoms with Gasteiger partial charge in [-0.1, -0.05) is 69.3 Å². The van der Waals surface area contributed by atoms with Crippen LogP contribution in [0.15, 0.2) is 66.7 Å². The molecule has 32 heavy (non-hydrogen) atoms. The van der Waals surface area contributed by atoms with Gasteiger partial charge < -0.3 is 10.6 Å². The Morgan fingerprint density at radius 1 is 1.12 bits per heavy atom. The van der Waals surface area contributed by atoms with E-state index in [1.54, 1.807) is 0 Å². The Labute approximate surface area is 188 Å². The van der Waals surface area contributed by atoms with Crippen LogP contribution < -0.4 is 10.6 Å². The molecular formula is C26H28N4O2. The minimum Gasteiger partial charge on any atom is -0.355 e. The van der Waals surface area contributed by atoms with E-state index in [0.29, 0.717) is 12.4 Å². The minimum atomic E-state index is -0.376. The van der Waals surface area contributed by atoms with Gasteiger partial charge in [0.1, 0.15) is 0 Å². The van der Waals surface area contributed by atoms with E-state index >= 15 is 0 Å². The molecule has 1 saturated heterocycles. The molecule has 1 aliphatic heterocycles. The van der Waals surface area contributed by atoms with Crippen LogP contribution in [0, 0.1) is 11.3 Å². The molecule has 1 aromatic heterocycles. The van der Waals surface area contributed by atoms with Crippen molar-refractivity contribution in [3.8, 4) is 16.9 Å². The van der Waals surface area contributed by atoms with Gasteiger partial charge in [-0.15, -0.1) is 5.10 Å². The maximum absolute atomic E-state index is 12.6. The molecular weight excluding hydrogens is 400 g/mol. The quantitative estimate of drug-likeness (QED) is 0.620. The molecule has 6 nitrogen and oxygen atoms in total. The highest BCUT2D eigenvalue weighted by atomic mass is 16.2. The molecule has 0 saturated carbocycles. The normalized spacial score (nSPS) is 16.3. The van der Waals surface area contributed by atoms with Crippen LogP contribution in [0.25, 0.3) is 23.0 Å².